The third-order valence-corrected chi connectivity index (χ3v) is 2.44. The molecular formula is C12H16N4O6. The summed E-state index contributed by atoms with van der Waals surface area (Å²) >= 11 is 0. The summed E-state index contributed by atoms with van der Waals surface area (Å²) in [4.78, 5) is 31.6. The van der Waals surface area contributed by atoms with Crippen LogP contribution in [-0.2, 0) is 9.53 Å². The number of rotatable bonds is 8. The highest BCUT2D eigenvalue weighted by Gasteiger charge is 2.11. The van der Waals surface area contributed by atoms with Crippen LogP contribution < -0.4 is 5.73 Å². The Morgan fingerprint density at radius 3 is 2.77 bits per heavy atom. The predicted molar refractivity (Wildman–Crippen MR) is 75.1 cm³/mol. The summed E-state index contributed by atoms with van der Waals surface area (Å²) < 4.78 is 9.61. The highest BCUT2D eigenvalue weighted by Crippen LogP contribution is 2.14. The van der Waals surface area contributed by atoms with Gasteiger partial charge in [0.15, 0.2) is 5.76 Å². The molecule has 22 heavy (non-hydrogen) atoms. The summed E-state index contributed by atoms with van der Waals surface area (Å²) in [7, 11) is 0. The minimum atomic E-state index is -0.773. The molecule has 0 atom stereocenters. The van der Waals surface area contributed by atoms with Gasteiger partial charge in [-0.05, 0) is 18.9 Å². The first-order valence-electron chi connectivity index (χ1n) is 6.38. The van der Waals surface area contributed by atoms with Gasteiger partial charge in [-0.15, -0.1) is 0 Å². The fourth-order valence-electron chi connectivity index (χ4n) is 1.44. The third kappa shape index (κ3) is 6.03. The second kappa shape index (κ2) is 8.39. The van der Waals surface area contributed by atoms with Gasteiger partial charge in [-0.25, -0.2) is 9.80 Å². The molecule has 0 saturated heterocycles. The lowest BCUT2D eigenvalue weighted by molar-refractivity contribution is -0.402. The van der Waals surface area contributed by atoms with Gasteiger partial charge in [-0.2, -0.15) is 5.10 Å². The van der Waals surface area contributed by atoms with E-state index >= 15 is 0 Å². The lowest BCUT2D eigenvalue weighted by Crippen LogP contribution is -2.32. The number of nitrogens with zero attached hydrogens (tertiary/aromatic N) is 3. The van der Waals surface area contributed by atoms with E-state index < -0.39 is 16.8 Å². The molecule has 0 aliphatic carbocycles. The molecule has 10 nitrogen and oxygen atoms in total. The number of ether oxygens (including phenoxy) is 1. The Morgan fingerprint density at radius 1 is 1.50 bits per heavy atom. The molecule has 0 bridgehead atoms. The van der Waals surface area contributed by atoms with Crippen LogP contribution in [0.5, 0.6) is 0 Å². The van der Waals surface area contributed by atoms with Crippen molar-refractivity contribution in [2.45, 2.75) is 19.8 Å². The molecule has 1 rings (SSSR count). The van der Waals surface area contributed by atoms with E-state index in [9.17, 15) is 19.7 Å². The van der Waals surface area contributed by atoms with Gasteiger partial charge in [0.1, 0.15) is 4.92 Å². The van der Waals surface area contributed by atoms with Crippen molar-refractivity contribution in [3.8, 4) is 0 Å². The molecule has 2 N–H and O–H groups in total. The van der Waals surface area contributed by atoms with Gasteiger partial charge >= 0.3 is 17.9 Å². The first-order chi connectivity index (χ1) is 10.4. The van der Waals surface area contributed by atoms with Crippen LogP contribution in [0.15, 0.2) is 21.7 Å². The average molecular weight is 312 g/mol. The second-order valence-corrected chi connectivity index (χ2v) is 4.19. The molecule has 120 valence electrons. The molecule has 0 spiro atoms. The standard InChI is InChI=1S/C12H16N4O6/c1-9(17)21-7-3-2-6-15(12(13)18)14-8-10-4-5-11(22-10)16(19)20/h4-5,8H,2-3,6-7H2,1H3,(H2,13,18)/b14-8+. The van der Waals surface area contributed by atoms with Gasteiger partial charge < -0.3 is 14.9 Å². The minimum absolute atomic E-state index is 0.123. The number of amides is 2. The largest absolute Gasteiger partial charge is 0.466 e. The number of carbonyl (C=O) groups is 2. The first-order valence-corrected chi connectivity index (χ1v) is 6.38. The fraction of sp³-hybridized carbons (Fsp3) is 0.417. The maximum atomic E-state index is 11.2. The lowest BCUT2D eigenvalue weighted by atomic mass is 10.3. The molecule has 0 saturated carbocycles. The zero-order valence-electron chi connectivity index (χ0n) is 11.9. The molecule has 0 aliphatic rings. The number of hydrazone groups is 1. The molecule has 2 amide bonds. The zero-order valence-corrected chi connectivity index (χ0v) is 11.9. The summed E-state index contributed by atoms with van der Waals surface area (Å²) in [5.41, 5.74) is 5.17. The van der Waals surface area contributed by atoms with E-state index in [1.165, 1.54) is 19.1 Å². The zero-order chi connectivity index (χ0) is 16.5. The van der Waals surface area contributed by atoms with Crippen LogP contribution in [0, 0.1) is 10.1 Å². The number of unbranched alkanes of at least 4 members (excludes halogenated alkanes) is 1. The van der Waals surface area contributed by atoms with Crippen molar-refractivity contribution in [2.75, 3.05) is 13.2 Å². The van der Waals surface area contributed by atoms with Crippen molar-refractivity contribution < 1.29 is 23.7 Å². The monoisotopic (exact) mass is 312 g/mol. The van der Waals surface area contributed by atoms with Crippen molar-refractivity contribution in [3.63, 3.8) is 0 Å². The van der Waals surface area contributed by atoms with Crippen LogP contribution >= 0.6 is 0 Å². The van der Waals surface area contributed by atoms with Crippen molar-refractivity contribution in [3.05, 3.63) is 28.0 Å². The van der Waals surface area contributed by atoms with Gasteiger partial charge in [-0.1, -0.05) is 0 Å². The van der Waals surface area contributed by atoms with E-state index in [0.717, 1.165) is 11.2 Å². The number of primary amides is 1. The van der Waals surface area contributed by atoms with Crippen molar-refractivity contribution in [1.82, 2.24) is 5.01 Å². The average Bonchev–Trinajstić information content (AvgIpc) is 2.90. The number of hydrogen-bond acceptors (Lipinski definition) is 7. The lowest BCUT2D eigenvalue weighted by Gasteiger charge is -2.13. The number of nitro groups is 1. The van der Waals surface area contributed by atoms with Crippen LogP contribution in [0.1, 0.15) is 25.5 Å². The van der Waals surface area contributed by atoms with E-state index in [0.29, 0.717) is 12.8 Å². The molecule has 10 heteroatoms. The maximum absolute atomic E-state index is 11.2. The van der Waals surface area contributed by atoms with Gasteiger partial charge in [0, 0.05) is 13.5 Å². The summed E-state index contributed by atoms with van der Waals surface area (Å²) in [5, 5.41) is 15.3. The van der Waals surface area contributed by atoms with E-state index in [4.69, 9.17) is 14.9 Å². The highest BCUT2D eigenvalue weighted by molar-refractivity contribution is 5.79. The SMILES string of the molecule is CC(=O)OCCCCN(/N=C/c1ccc([N+](=O)[O-])o1)C(N)=O. The Balaban J connectivity index is 2.49. The molecule has 0 radical (unpaired) electrons. The fourth-order valence-corrected chi connectivity index (χ4v) is 1.44. The van der Waals surface area contributed by atoms with Gasteiger partial charge in [0.2, 0.25) is 0 Å². The van der Waals surface area contributed by atoms with Crippen LogP contribution in [0.4, 0.5) is 10.7 Å². The van der Waals surface area contributed by atoms with E-state index in [1.807, 2.05) is 0 Å². The second-order valence-electron chi connectivity index (χ2n) is 4.19. The third-order valence-electron chi connectivity index (χ3n) is 2.44. The van der Waals surface area contributed by atoms with Crippen molar-refractivity contribution in [1.29, 1.82) is 0 Å². The number of urea groups is 1. The van der Waals surface area contributed by atoms with Crippen LogP contribution in [0.2, 0.25) is 0 Å². The van der Waals surface area contributed by atoms with E-state index in [2.05, 4.69) is 5.10 Å². The van der Waals surface area contributed by atoms with E-state index in [1.54, 1.807) is 0 Å². The molecule has 0 fully saturated rings. The molecule has 0 aliphatic heterocycles. The van der Waals surface area contributed by atoms with Crippen molar-refractivity contribution in [2.24, 2.45) is 10.8 Å². The Kier molecular flexibility index (Phi) is 6.54. The van der Waals surface area contributed by atoms with Gasteiger partial charge in [0.05, 0.1) is 18.9 Å². The minimum Gasteiger partial charge on any atom is -0.466 e. The topological polar surface area (TPSA) is 141 Å². The summed E-state index contributed by atoms with van der Waals surface area (Å²) in [6.45, 7) is 1.77. The Hall–Kier alpha value is -2.91. The van der Waals surface area contributed by atoms with E-state index in [-0.39, 0.29) is 24.9 Å². The van der Waals surface area contributed by atoms with Crippen molar-refractivity contribution >= 4 is 24.1 Å². The van der Waals surface area contributed by atoms with Crippen LogP contribution in [0.25, 0.3) is 0 Å². The normalized spacial score (nSPS) is 10.6. The molecule has 0 unspecified atom stereocenters. The smallest absolute Gasteiger partial charge is 0.433 e. The molecular weight excluding hydrogens is 296 g/mol. The predicted octanol–water partition coefficient (Wildman–Crippen LogP) is 1.25. The van der Waals surface area contributed by atoms with Crippen LogP contribution in [0.3, 0.4) is 0 Å². The number of nitrogens with two attached hydrogens (primary N) is 1. The summed E-state index contributed by atoms with van der Waals surface area (Å²) in [6, 6.07) is 1.75. The van der Waals surface area contributed by atoms with Gasteiger partial charge in [0.25, 0.3) is 0 Å². The Labute approximate surface area is 125 Å². The highest BCUT2D eigenvalue weighted by atomic mass is 16.6. The summed E-state index contributed by atoms with van der Waals surface area (Å²) in [5.74, 6) is -0.671. The number of hydrogen-bond donors (Lipinski definition) is 1. The van der Waals surface area contributed by atoms with Gasteiger partial charge in [-0.3, -0.25) is 14.9 Å². The molecule has 1 aromatic rings. The molecule has 0 aromatic carbocycles. The quantitative estimate of drug-likeness (QED) is 0.252. The van der Waals surface area contributed by atoms with Crippen LogP contribution in [-0.4, -0.2) is 41.3 Å². The molecule has 1 aromatic heterocycles. The number of esters is 1. The Bertz CT molecular complexity index is 568. The Morgan fingerprint density at radius 2 is 2.23 bits per heavy atom. The molecule has 1 heterocycles. The first kappa shape index (κ1) is 17.1. The summed E-state index contributed by atoms with van der Waals surface area (Å²) in [6.07, 6.45) is 2.22. The maximum Gasteiger partial charge on any atom is 0.433 e. The number of furan rings is 1. The number of carbonyl (C=O) groups excluding carboxylic acids is 2.